The van der Waals surface area contributed by atoms with E-state index in [0.717, 1.165) is 0 Å². The average molecular weight is 262 g/mol. The summed E-state index contributed by atoms with van der Waals surface area (Å²) in [7, 11) is 1.73. The molecule has 2 nitrogen and oxygen atoms in total. The molecule has 0 aliphatic heterocycles. The van der Waals surface area contributed by atoms with Crippen LogP contribution in [0.2, 0.25) is 0 Å². The zero-order chi connectivity index (χ0) is 13.8. The molecule has 0 aliphatic rings. The molecular formula is C15H16F2N2. The topological polar surface area (TPSA) is 29.3 Å². The fourth-order valence-electron chi connectivity index (χ4n) is 2.01. The van der Waals surface area contributed by atoms with Crippen molar-refractivity contribution in [2.24, 2.45) is 5.73 Å². The van der Waals surface area contributed by atoms with Gasteiger partial charge in [0.25, 0.3) is 0 Å². The van der Waals surface area contributed by atoms with Crippen LogP contribution in [-0.2, 0) is 13.1 Å². The maximum absolute atomic E-state index is 14.0. The Labute approximate surface area is 111 Å². The predicted molar refractivity (Wildman–Crippen MR) is 72.8 cm³/mol. The summed E-state index contributed by atoms with van der Waals surface area (Å²) in [5.41, 5.74) is 6.90. The standard InChI is InChI=1S/C15H16F2N2/c1-19(14-8-3-2-7-13(14)16)10-12-6-4-5-11(9-18)15(12)17/h2-8H,9-10,18H2,1H3. The molecule has 0 spiro atoms. The number of nitrogens with zero attached hydrogens (tertiary/aromatic N) is 1. The Bertz CT molecular complexity index is 570. The van der Waals surface area contributed by atoms with Crippen molar-refractivity contribution in [1.29, 1.82) is 0 Å². The molecule has 0 saturated heterocycles. The van der Waals surface area contributed by atoms with Gasteiger partial charge in [-0.15, -0.1) is 0 Å². The van der Waals surface area contributed by atoms with E-state index in [9.17, 15) is 8.78 Å². The van der Waals surface area contributed by atoms with Crippen molar-refractivity contribution >= 4 is 5.69 Å². The zero-order valence-electron chi connectivity index (χ0n) is 10.7. The summed E-state index contributed by atoms with van der Waals surface area (Å²) < 4.78 is 27.7. The third-order valence-corrected chi connectivity index (χ3v) is 3.05. The Morgan fingerprint density at radius 3 is 2.37 bits per heavy atom. The van der Waals surface area contributed by atoms with E-state index in [1.54, 1.807) is 48.3 Å². The van der Waals surface area contributed by atoms with Crippen molar-refractivity contribution in [2.45, 2.75) is 13.1 Å². The van der Waals surface area contributed by atoms with Gasteiger partial charge in [-0.3, -0.25) is 0 Å². The summed E-state index contributed by atoms with van der Waals surface area (Å²) in [6.07, 6.45) is 0. The molecule has 2 rings (SSSR count). The summed E-state index contributed by atoms with van der Waals surface area (Å²) in [6, 6.07) is 11.5. The van der Waals surface area contributed by atoms with Gasteiger partial charge in [-0.05, 0) is 12.1 Å². The van der Waals surface area contributed by atoms with E-state index >= 15 is 0 Å². The molecule has 100 valence electrons. The van der Waals surface area contributed by atoms with Crippen LogP contribution in [0.3, 0.4) is 0 Å². The van der Waals surface area contributed by atoms with Crippen LogP contribution >= 0.6 is 0 Å². The van der Waals surface area contributed by atoms with Crippen LogP contribution in [0.4, 0.5) is 14.5 Å². The van der Waals surface area contributed by atoms with Gasteiger partial charge in [0.1, 0.15) is 11.6 Å². The summed E-state index contributed by atoms with van der Waals surface area (Å²) in [6.45, 7) is 0.448. The summed E-state index contributed by atoms with van der Waals surface area (Å²) in [4.78, 5) is 1.67. The maximum Gasteiger partial charge on any atom is 0.146 e. The Morgan fingerprint density at radius 1 is 1.00 bits per heavy atom. The number of para-hydroxylation sites is 1. The van der Waals surface area contributed by atoms with Crippen molar-refractivity contribution in [3.63, 3.8) is 0 Å². The first-order valence-electron chi connectivity index (χ1n) is 6.05. The first-order chi connectivity index (χ1) is 9.13. The molecule has 0 amide bonds. The van der Waals surface area contributed by atoms with Crippen LogP contribution in [0, 0.1) is 11.6 Å². The fourth-order valence-corrected chi connectivity index (χ4v) is 2.01. The number of benzene rings is 2. The molecular weight excluding hydrogens is 246 g/mol. The van der Waals surface area contributed by atoms with Crippen LogP contribution in [-0.4, -0.2) is 7.05 Å². The van der Waals surface area contributed by atoms with E-state index < -0.39 is 0 Å². The summed E-state index contributed by atoms with van der Waals surface area (Å²) >= 11 is 0. The molecule has 0 radical (unpaired) electrons. The Morgan fingerprint density at radius 2 is 1.68 bits per heavy atom. The van der Waals surface area contributed by atoms with Gasteiger partial charge in [0, 0.05) is 31.3 Å². The first kappa shape index (κ1) is 13.5. The fraction of sp³-hybridized carbons (Fsp3) is 0.200. The quantitative estimate of drug-likeness (QED) is 0.917. The van der Waals surface area contributed by atoms with E-state index in [1.165, 1.54) is 6.07 Å². The molecule has 4 heteroatoms. The average Bonchev–Trinajstić information content (AvgIpc) is 2.41. The van der Waals surface area contributed by atoms with Crippen LogP contribution in [0.25, 0.3) is 0 Å². The van der Waals surface area contributed by atoms with Gasteiger partial charge in [-0.25, -0.2) is 8.78 Å². The molecule has 0 heterocycles. The minimum atomic E-state index is -0.319. The van der Waals surface area contributed by atoms with Crippen LogP contribution < -0.4 is 10.6 Å². The highest BCUT2D eigenvalue weighted by Crippen LogP contribution is 2.21. The van der Waals surface area contributed by atoms with Gasteiger partial charge in [-0.2, -0.15) is 0 Å². The Hall–Kier alpha value is -1.94. The molecule has 0 aliphatic carbocycles. The maximum atomic E-state index is 14.0. The van der Waals surface area contributed by atoms with E-state index in [-0.39, 0.29) is 18.2 Å². The highest BCUT2D eigenvalue weighted by atomic mass is 19.1. The monoisotopic (exact) mass is 262 g/mol. The highest BCUT2D eigenvalue weighted by molar-refractivity contribution is 5.47. The Balaban J connectivity index is 2.24. The van der Waals surface area contributed by atoms with Crippen molar-refractivity contribution in [3.8, 4) is 0 Å². The van der Waals surface area contributed by atoms with Crippen molar-refractivity contribution < 1.29 is 8.78 Å². The second-order valence-corrected chi connectivity index (χ2v) is 4.40. The number of anilines is 1. The largest absolute Gasteiger partial charge is 0.368 e. The van der Waals surface area contributed by atoms with Crippen LogP contribution in [0.15, 0.2) is 42.5 Å². The van der Waals surface area contributed by atoms with Gasteiger partial charge in [0.15, 0.2) is 0 Å². The van der Waals surface area contributed by atoms with Crippen LogP contribution in [0.1, 0.15) is 11.1 Å². The first-order valence-corrected chi connectivity index (χ1v) is 6.05. The third kappa shape index (κ3) is 2.90. The molecule has 2 N–H and O–H groups in total. The highest BCUT2D eigenvalue weighted by Gasteiger charge is 2.11. The molecule has 0 unspecified atom stereocenters. The minimum absolute atomic E-state index is 0.156. The van der Waals surface area contributed by atoms with Crippen LogP contribution in [0.5, 0.6) is 0 Å². The lowest BCUT2D eigenvalue weighted by Gasteiger charge is -2.20. The lowest BCUT2D eigenvalue weighted by Crippen LogP contribution is -2.19. The number of hydrogen-bond donors (Lipinski definition) is 1. The third-order valence-electron chi connectivity index (χ3n) is 3.05. The smallest absolute Gasteiger partial charge is 0.146 e. The van der Waals surface area contributed by atoms with E-state index in [2.05, 4.69) is 0 Å². The van der Waals surface area contributed by atoms with E-state index in [1.807, 2.05) is 0 Å². The number of halogens is 2. The number of hydrogen-bond acceptors (Lipinski definition) is 2. The lowest BCUT2D eigenvalue weighted by atomic mass is 10.1. The van der Waals surface area contributed by atoms with Gasteiger partial charge in [0.05, 0.1) is 5.69 Å². The molecule has 0 saturated carbocycles. The second-order valence-electron chi connectivity index (χ2n) is 4.40. The SMILES string of the molecule is CN(Cc1cccc(CN)c1F)c1ccccc1F. The Kier molecular flexibility index (Phi) is 4.12. The lowest BCUT2D eigenvalue weighted by molar-refractivity contribution is 0.588. The van der Waals surface area contributed by atoms with Gasteiger partial charge in [0.2, 0.25) is 0 Å². The van der Waals surface area contributed by atoms with E-state index in [0.29, 0.717) is 23.4 Å². The van der Waals surface area contributed by atoms with E-state index in [4.69, 9.17) is 5.73 Å². The number of rotatable bonds is 4. The van der Waals surface area contributed by atoms with Crippen molar-refractivity contribution in [1.82, 2.24) is 0 Å². The normalized spacial score (nSPS) is 10.5. The molecule has 0 fully saturated rings. The summed E-state index contributed by atoms with van der Waals surface area (Å²) in [5.74, 6) is -0.631. The molecule has 0 atom stereocenters. The molecule has 0 bridgehead atoms. The minimum Gasteiger partial charge on any atom is -0.368 e. The summed E-state index contributed by atoms with van der Waals surface area (Å²) in [5, 5.41) is 0. The van der Waals surface area contributed by atoms with Crippen molar-refractivity contribution in [3.05, 3.63) is 65.2 Å². The second kappa shape index (κ2) is 5.80. The molecule has 2 aromatic carbocycles. The van der Waals surface area contributed by atoms with Gasteiger partial charge in [-0.1, -0.05) is 30.3 Å². The number of nitrogens with two attached hydrogens (primary N) is 1. The van der Waals surface area contributed by atoms with Gasteiger partial charge >= 0.3 is 0 Å². The van der Waals surface area contributed by atoms with Gasteiger partial charge < -0.3 is 10.6 Å². The zero-order valence-corrected chi connectivity index (χ0v) is 10.7. The predicted octanol–water partition coefficient (Wildman–Crippen LogP) is 3.06. The molecule has 19 heavy (non-hydrogen) atoms. The van der Waals surface area contributed by atoms with Crippen molar-refractivity contribution in [2.75, 3.05) is 11.9 Å². The molecule has 2 aromatic rings. The molecule has 0 aromatic heterocycles.